The second-order valence-corrected chi connectivity index (χ2v) is 5.07. The molecule has 3 N–H and O–H groups in total. The van der Waals surface area contributed by atoms with Crippen molar-refractivity contribution in [3.05, 3.63) is 34.9 Å². The summed E-state index contributed by atoms with van der Waals surface area (Å²) in [5, 5.41) is 2.82. The molecule has 124 valence electrons. The van der Waals surface area contributed by atoms with Crippen LogP contribution in [0.3, 0.4) is 0 Å². The summed E-state index contributed by atoms with van der Waals surface area (Å²) in [6.45, 7) is 0.270. The zero-order chi connectivity index (χ0) is 16.5. The molecule has 9 heteroatoms. The Labute approximate surface area is 122 Å². The summed E-state index contributed by atoms with van der Waals surface area (Å²) < 4.78 is 81.3. The maximum absolute atomic E-state index is 12.7. The van der Waals surface area contributed by atoms with E-state index in [1.54, 1.807) is 0 Å². The number of aryl methyl sites for hydroxylation is 1. The maximum Gasteiger partial charge on any atom is 0.416 e. The second kappa shape index (κ2) is 6.05. The van der Waals surface area contributed by atoms with Crippen molar-refractivity contribution in [2.45, 2.75) is 37.6 Å². The number of hydrogen-bond acceptors (Lipinski definition) is 3. The number of benzene rings is 1. The van der Waals surface area contributed by atoms with E-state index < -0.39 is 29.8 Å². The SMILES string of the molecule is NC1N[C@@H](CCc2cc(C(F)(F)F)cc(C(F)(F)F)c2)CO1. The van der Waals surface area contributed by atoms with E-state index in [-0.39, 0.29) is 30.7 Å². The van der Waals surface area contributed by atoms with Crippen LogP contribution in [-0.2, 0) is 23.5 Å². The third kappa shape index (κ3) is 4.34. The molecule has 0 bridgehead atoms. The van der Waals surface area contributed by atoms with E-state index in [4.69, 9.17) is 10.5 Å². The number of hydrogen-bond donors (Lipinski definition) is 2. The molecule has 22 heavy (non-hydrogen) atoms. The van der Waals surface area contributed by atoms with E-state index in [1.807, 2.05) is 0 Å². The third-order valence-corrected chi connectivity index (χ3v) is 3.31. The van der Waals surface area contributed by atoms with Crippen molar-refractivity contribution in [1.82, 2.24) is 5.32 Å². The van der Waals surface area contributed by atoms with Crippen LogP contribution in [-0.4, -0.2) is 19.0 Å². The molecule has 0 aromatic heterocycles. The van der Waals surface area contributed by atoms with Crippen LogP contribution in [0.25, 0.3) is 0 Å². The van der Waals surface area contributed by atoms with E-state index in [1.165, 1.54) is 0 Å². The molecule has 0 radical (unpaired) electrons. The van der Waals surface area contributed by atoms with Crippen molar-refractivity contribution < 1.29 is 31.1 Å². The Balaban J connectivity index is 2.19. The molecule has 0 aliphatic carbocycles. The molecule has 2 rings (SSSR count). The minimum absolute atomic E-state index is 0.0237. The van der Waals surface area contributed by atoms with Gasteiger partial charge in [0.05, 0.1) is 17.7 Å². The van der Waals surface area contributed by atoms with Crippen LogP contribution in [0.5, 0.6) is 0 Å². The van der Waals surface area contributed by atoms with Gasteiger partial charge in [-0.15, -0.1) is 0 Å². The highest BCUT2D eigenvalue weighted by Gasteiger charge is 2.36. The zero-order valence-corrected chi connectivity index (χ0v) is 11.3. The highest BCUT2D eigenvalue weighted by atomic mass is 19.4. The summed E-state index contributed by atoms with van der Waals surface area (Å²) in [5.74, 6) is 0. The number of nitrogens with two attached hydrogens (primary N) is 1. The fourth-order valence-electron chi connectivity index (χ4n) is 2.22. The van der Waals surface area contributed by atoms with Crippen LogP contribution in [0, 0.1) is 0 Å². The van der Waals surface area contributed by atoms with Gasteiger partial charge in [-0.25, -0.2) is 0 Å². The molecular weight excluding hydrogens is 314 g/mol. The summed E-state index contributed by atoms with van der Waals surface area (Å²) in [7, 11) is 0. The Kier molecular flexibility index (Phi) is 4.69. The lowest BCUT2D eigenvalue weighted by Gasteiger charge is -2.15. The van der Waals surface area contributed by atoms with Crippen LogP contribution >= 0.6 is 0 Å². The second-order valence-electron chi connectivity index (χ2n) is 5.07. The molecule has 1 aliphatic heterocycles. The van der Waals surface area contributed by atoms with Crippen molar-refractivity contribution in [2.24, 2.45) is 5.73 Å². The summed E-state index contributed by atoms with van der Waals surface area (Å²) in [5.41, 5.74) is 2.80. The third-order valence-electron chi connectivity index (χ3n) is 3.31. The van der Waals surface area contributed by atoms with Crippen molar-refractivity contribution in [2.75, 3.05) is 6.61 Å². The molecule has 0 amide bonds. The topological polar surface area (TPSA) is 47.3 Å². The van der Waals surface area contributed by atoms with Gasteiger partial charge in [-0.05, 0) is 36.6 Å². The first-order valence-corrected chi connectivity index (χ1v) is 6.47. The lowest BCUT2D eigenvalue weighted by molar-refractivity contribution is -0.143. The molecule has 1 fully saturated rings. The highest BCUT2D eigenvalue weighted by Crippen LogP contribution is 2.36. The van der Waals surface area contributed by atoms with Crippen molar-refractivity contribution in [3.8, 4) is 0 Å². The van der Waals surface area contributed by atoms with Crippen LogP contribution < -0.4 is 11.1 Å². The van der Waals surface area contributed by atoms with Crippen LogP contribution in [0.2, 0.25) is 0 Å². The van der Waals surface area contributed by atoms with Gasteiger partial charge in [0.15, 0.2) is 6.35 Å². The lowest BCUT2D eigenvalue weighted by atomic mass is 10.00. The summed E-state index contributed by atoms with van der Waals surface area (Å²) in [6.07, 6.45) is -9.93. The Morgan fingerprint density at radius 3 is 2.00 bits per heavy atom. The van der Waals surface area contributed by atoms with Gasteiger partial charge >= 0.3 is 12.4 Å². The zero-order valence-electron chi connectivity index (χ0n) is 11.3. The molecular formula is C13H14F6N2O. The van der Waals surface area contributed by atoms with Crippen LogP contribution in [0.4, 0.5) is 26.3 Å². The molecule has 1 heterocycles. The Morgan fingerprint density at radius 1 is 1.05 bits per heavy atom. The highest BCUT2D eigenvalue weighted by molar-refractivity contribution is 5.33. The predicted octanol–water partition coefficient (Wildman–Crippen LogP) is 2.89. The van der Waals surface area contributed by atoms with Crippen molar-refractivity contribution in [1.29, 1.82) is 0 Å². The maximum atomic E-state index is 12.7. The van der Waals surface area contributed by atoms with Gasteiger partial charge in [-0.1, -0.05) is 0 Å². The van der Waals surface area contributed by atoms with Gasteiger partial charge in [0.1, 0.15) is 0 Å². The summed E-state index contributed by atoms with van der Waals surface area (Å²) in [6, 6.07) is 1.41. The summed E-state index contributed by atoms with van der Waals surface area (Å²) >= 11 is 0. The van der Waals surface area contributed by atoms with Crippen LogP contribution in [0.1, 0.15) is 23.1 Å². The summed E-state index contributed by atoms with van der Waals surface area (Å²) in [4.78, 5) is 0. The van der Waals surface area contributed by atoms with Gasteiger partial charge in [-0.3, -0.25) is 11.1 Å². The van der Waals surface area contributed by atoms with Gasteiger partial charge in [0, 0.05) is 6.04 Å². The van der Waals surface area contributed by atoms with Crippen molar-refractivity contribution in [3.63, 3.8) is 0 Å². The molecule has 1 aromatic rings. The molecule has 1 aromatic carbocycles. The Bertz CT molecular complexity index is 496. The normalized spacial score (nSPS) is 23.0. The molecule has 1 aliphatic rings. The lowest BCUT2D eigenvalue weighted by Crippen LogP contribution is -2.36. The number of alkyl halides is 6. The van der Waals surface area contributed by atoms with Gasteiger partial charge in [-0.2, -0.15) is 26.3 Å². The molecule has 3 nitrogen and oxygen atoms in total. The smallest absolute Gasteiger partial charge is 0.349 e. The number of ether oxygens (including phenoxy) is 1. The number of rotatable bonds is 3. The minimum Gasteiger partial charge on any atom is -0.349 e. The largest absolute Gasteiger partial charge is 0.416 e. The molecule has 0 spiro atoms. The van der Waals surface area contributed by atoms with Gasteiger partial charge < -0.3 is 4.74 Å². The van der Waals surface area contributed by atoms with E-state index >= 15 is 0 Å². The molecule has 1 saturated heterocycles. The monoisotopic (exact) mass is 328 g/mol. The number of halogens is 6. The molecule has 2 atom stereocenters. The predicted molar refractivity (Wildman–Crippen MR) is 65.6 cm³/mol. The van der Waals surface area contributed by atoms with E-state index in [2.05, 4.69) is 5.32 Å². The quantitative estimate of drug-likeness (QED) is 0.839. The van der Waals surface area contributed by atoms with Gasteiger partial charge in [0.2, 0.25) is 0 Å². The van der Waals surface area contributed by atoms with Crippen molar-refractivity contribution >= 4 is 0 Å². The van der Waals surface area contributed by atoms with E-state index in [0.29, 0.717) is 6.42 Å². The van der Waals surface area contributed by atoms with Gasteiger partial charge in [0.25, 0.3) is 0 Å². The van der Waals surface area contributed by atoms with Crippen LogP contribution in [0.15, 0.2) is 18.2 Å². The molecule has 0 saturated carbocycles. The fourth-order valence-corrected chi connectivity index (χ4v) is 2.22. The first kappa shape index (κ1) is 17.0. The average Bonchev–Trinajstić information content (AvgIpc) is 2.80. The Hall–Kier alpha value is -1.32. The van der Waals surface area contributed by atoms with E-state index in [9.17, 15) is 26.3 Å². The molecule has 1 unspecified atom stereocenters. The Morgan fingerprint density at radius 2 is 1.59 bits per heavy atom. The minimum atomic E-state index is -4.83. The standard InChI is InChI=1S/C13H14F6N2O/c14-12(15,16)8-3-7(4-9(5-8)13(17,18)19)1-2-10-6-22-11(20)21-10/h3-5,10-11,21H,1-2,6,20H2/t10-,11?/m0/s1. The fraction of sp³-hybridized carbons (Fsp3) is 0.538. The average molecular weight is 328 g/mol. The first-order valence-electron chi connectivity index (χ1n) is 6.47. The number of nitrogens with one attached hydrogen (secondary N) is 1. The first-order chi connectivity index (χ1) is 10.1. The van der Waals surface area contributed by atoms with E-state index in [0.717, 1.165) is 12.1 Å².